The van der Waals surface area contributed by atoms with Crippen LogP contribution in [0.15, 0.2) is 54.9 Å². The van der Waals surface area contributed by atoms with Crippen LogP contribution in [0.5, 0.6) is 5.88 Å². The van der Waals surface area contributed by atoms with Gasteiger partial charge in [0.1, 0.15) is 23.5 Å². The summed E-state index contributed by atoms with van der Waals surface area (Å²) in [5.74, 6) is -0.482. The molecule has 1 fully saturated rings. The Morgan fingerprint density at radius 1 is 1.09 bits per heavy atom. The van der Waals surface area contributed by atoms with Crippen molar-refractivity contribution in [1.29, 1.82) is 0 Å². The lowest BCUT2D eigenvalue weighted by Crippen LogP contribution is -2.64. The van der Waals surface area contributed by atoms with Crippen LogP contribution in [-0.2, 0) is 20.2 Å². The largest absolute Gasteiger partial charge is 0.475 e. The summed E-state index contributed by atoms with van der Waals surface area (Å²) < 4.78 is 48.2. The van der Waals surface area contributed by atoms with E-state index < -0.39 is 21.3 Å². The maximum Gasteiger partial charge on any atom is 0.241 e. The van der Waals surface area contributed by atoms with Crippen molar-refractivity contribution in [3.8, 4) is 17.0 Å². The normalized spacial score (nSPS) is 15.3. The highest BCUT2D eigenvalue weighted by molar-refractivity contribution is 7.92. The molecule has 2 aliphatic heterocycles. The van der Waals surface area contributed by atoms with E-state index in [-0.39, 0.29) is 48.1 Å². The SMILES string of the molecule is Cc1ccc(N2CC3(C2)C(=O)N(C)c2cnc4cc(F)c(-c5cnc(OCCNC(C)C)c(NS(C)(=O)=O)c5)cc4c23)cc1.Cl. The fourth-order valence-electron chi connectivity index (χ4n) is 6.04. The van der Waals surface area contributed by atoms with E-state index in [0.29, 0.717) is 41.8 Å². The zero-order valence-electron chi connectivity index (χ0n) is 25.7. The summed E-state index contributed by atoms with van der Waals surface area (Å²) in [4.78, 5) is 26.4. The van der Waals surface area contributed by atoms with Gasteiger partial charge in [-0.15, -0.1) is 12.4 Å². The lowest BCUT2D eigenvalue weighted by atomic mass is 9.73. The van der Waals surface area contributed by atoms with Crippen LogP contribution in [0, 0.1) is 12.7 Å². The molecule has 2 aromatic carbocycles. The second-order valence-electron chi connectivity index (χ2n) is 11.9. The number of likely N-dealkylation sites (N-methyl/N-ethyl adjacent to an activating group) is 1. The number of sulfonamides is 1. The summed E-state index contributed by atoms with van der Waals surface area (Å²) in [5.41, 5.74) is 4.00. The summed E-state index contributed by atoms with van der Waals surface area (Å²) in [7, 11) is -1.95. The topological polar surface area (TPSA) is 117 Å². The number of carbonyl (C=O) groups excluding carboxylic acids is 1. The van der Waals surface area contributed by atoms with Crippen LogP contribution in [0.4, 0.5) is 21.5 Å². The average molecular weight is 655 g/mol. The number of hydrogen-bond acceptors (Lipinski definition) is 8. The van der Waals surface area contributed by atoms with Gasteiger partial charge in [-0.05, 0) is 31.2 Å². The van der Waals surface area contributed by atoms with Gasteiger partial charge in [-0.3, -0.25) is 14.5 Å². The molecule has 6 rings (SSSR count). The standard InChI is InChI=1S/C32H35FN6O4S.ClH/c1-19(2)34-10-11-43-30-27(37-44(5,41)42)12-21(15-36-30)23-13-24-26(14-25(23)33)35-16-28-29(24)32(31(40)38(28)4)17-39(18-32)22-8-6-20(3)7-9-22;/h6-9,12-16,19,34,37H,10-11,17-18H2,1-5H3;1H. The molecule has 0 aliphatic carbocycles. The van der Waals surface area contributed by atoms with Crippen molar-refractivity contribution in [2.75, 3.05) is 54.1 Å². The number of aromatic nitrogens is 2. The lowest BCUT2D eigenvalue weighted by molar-refractivity contribution is -0.123. The van der Waals surface area contributed by atoms with Crippen molar-refractivity contribution >= 4 is 56.3 Å². The summed E-state index contributed by atoms with van der Waals surface area (Å²) in [5, 5.41) is 3.89. The third kappa shape index (κ3) is 6.01. The number of anilines is 3. The Balaban J connectivity index is 0.00000400. The fourth-order valence-corrected chi connectivity index (χ4v) is 6.58. The van der Waals surface area contributed by atoms with E-state index in [1.165, 1.54) is 18.3 Å². The highest BCUT2D eigenvalue weighted by Crippen LogP contribution is 2.51. The van der Waals surface area contributed by atoms with Crippen LogP contribution in [-0.4, -0.2) is 69.9 Å². The monoisotopic (exact) mass is 654 g/mol. The van der Waals surface area contributed by atoms with E-state index >= 15 is 4.39 Å². The molecule has 4 heterocycles. The van der Waals surface area contributed by atoms with Gasteiger partial charge >= 0.3 is 0 Å². The molecule has 0 saturated carbocycles. The van der Waals surface area contributed by atoms with Crippen LogP contribution >= 0.6 is 12.4 Å². The van der Waals surface area contributed by atoms with Crippen LogP contribution < -0.4 is 24.6 Å². The van der Waals surface area contributed by atoms with Crippen molar-refractivity contribution in [3.63, 3.8) is 0 Å². The molecule has 10 nitrogen and oxygen atoms in total. The first-order chi connectivity index (χ1) is 20.9. The van der Waals surface area contributed by atoms with Gasteiger partial charge < -0.3 is 19.9 Å². The van der Waals surface area contributed by atoms with Crippen LogP contribution in [0.2, 0.25) is 0 Å². The molecule has 0 radical (unpaired) electrons. The highest BCUT2D eigenvalue weighted by atomic mass is 35.5. The van der Waals surface area contributed by atoms with E-state index in [9.17, 15) is 13.2 Å². The van der Waals surface area contributed by atoms with E-state index in [2.05, 4.69) is 24.9 Å². The Hall–Kier alpha value is -4.00. The quantitative estimate of drug-likeness (QED) is 0.251. The molecule has 238 valence electrons. The molecule has 2 aliphatic rings. The molecule has 13 heteroatoms. The second-order valence-corrected chi connectivity index (χ2v) is 13.7. The number of halogens is 2. The summed E-state index contributed by atoms with van der Waals surface area (Å²) in [6.45, 7) is 7.81. The van der Waals surface area contributed by atoms with Crippen molar-refractivity contribution in [3.05, 3.63) is 71.8 Å². The van der Waals surface area contributed by atoms with E-state index in [1.54, 1.807) is 24.2 Å². The molecule has 0 bridgehead atoms. The fraction of sp³-hybridized carbons (Fsp3) is 0.344. The molecule has 45 heavy (non-hydrogen) atoms. The van der Waals surface area contributed by atoms with Crippen molar-refractivity contribution < 1.29 is 22.3 Å². The molecule has 2 aromatic heterocycles. The number of rotatable bonds is 9. The summed E-state index contributed by atoms with van der Waals surface area (Å²) in [6.07, 6.45) is 4.11. The van der Waals surface area contributed by atoms with Crippen molar-refractivity contribution in [2.45, 2.75) is 32.2 Å². The number of ether oxygens (including phenoxy) is 1. The van der Waals surface area contributed by atoms with Gasteiger partial charge in [0.2, 0.25) is 21.8 Å². The van der Waals surface area contributed by atoms with E-state index in [1.807, 2.05) is 45.0 Å². The number of hydrogen-bond donors (Lipinski definition) is 2. The summed E-state index contributed by atoms with van der Waals surface area (Å²) in [6, 6.07) is 13.0. The van der Waals surface area contributed by atoms with Gasteiger partial charge in [0.15, 0.2) is 0 Å². The zero-order valence-corrected chi connectivity index (χ0v) is 27.4. The minimum atomic E-state index is -3.69. The van der Waals surface area contributed by atoms with Crippen LogP contribution in [0.3, 0.4) is 0 Å². The van der Waals surface area contributed by atoms with Gasteiger partial charge in [-0.1, -0.05) is 31.5 Å². The average Bonchev–Trinajstić information content (AvgIpc) is 3.17. The third-order valence-corrected chi connectivity index (χ3v) is 8.75. The van der Waals surface area contributed by atoms with Gasteiger partial charge in [0.25, 0.3) is 0 Å². The molecule has 0 atom stereocenters. The van der Waals surface area contributed by atoms with Crippen molar-refractivity contribution in [1.82, 2.24) is 15.3 Å². The number of nitrogens with zero attached hydrogens (tertiary/aromatic N) is 4. The lowest BCUT2D eigenvalue weighted by Gasteiger charge is -2.48. The molecular formula is C32H36ClFN6O4S. The van der Waals surface area contributed by atoms with Gasteiger partial charge in [-0.2, -0.15) is 0 Å². The van der Waals surface area contributed by atoms with Crippen LogP contribution in [0.25, 0.3) is 22.0 Å². The highest BCUT2D eigenvalue weighted by Gasteiger charge is 2.58. The third-order valence-electron chi connectivity index (χ3n) is 8.16. The number of benzene rings is 2. The predicted octanol–water partition coefficient (Wildman–Crippen LogP) is 4.65. The minimum absolute atomic E-state index is 0. The first-order valence-electron chi connectivity index (χ1n) is 14.4. The Morgan fingerprint density at radius 3 is 2.47 bits per heavy atom. The Kier molecular flexibility index (Phi) is 8.69. The van der Waals surface area contributed by atoms with Crippen molar-refractivity contribution in [2.24, 2.45) is 0 Å². The van der Waals surface area contributed by atoms with Gasteiger partial charge in [0.05, 0.1) is 23.7 Å². The number of nitrogens with one attached hydrogen (secondary N) is 2. The van der Waals surface area contributed by atoms with E-state index in [4.69, 9.17) is 4.74 Å². The number of amides is 1. The molecule has 1 spiro atoms. The van der Waals surface area contributed by atoms with E-state index in [0.717, 1.165) is 23.1 Å². The number of aryl methyl sites for hydroxylation is 1. The minimum Gasteiger partial charge on any atom is -0.475 e. The maximum atomic E-state index is 15.7. The summed E-state index contributed by atoms with van der Waals surface area (Å²) >= 11 is 0. The zero-order chi connectivity index (χ0) is 31.4. The number of fused-ring (bicyclic) bond motifs is 4. The second kappa shape index (κ2) is 12.1. The van der Waals surface area contributed by atoms with Crippen LogP contribution in [0.1, 0.15) is 25.0 Å². The molecule has 0 unspecified atom stereocenters. The maximum absolute atomic E-state index is 15.7. The molecular weight excluding hydrogens is 619 g/mol. The molecule has 1 amide bonds. The number of carbonyl (C=O) groups is 1. The number of pyridine rings is 2. The molecule has 2 N–H and O–H groups in total. The molecule has 1 saturated heterocycles. The Morgan fingerprint density at radius 2 is 1.80 bits per heavy atom. The molecule has 4 aromatic rings. The van der Waals surface area contributed by atoms with Gasteiger partial charge in [-0.25, -0.2) is 17.8 Å². The first-order valence-corrected chi connectivity index (χ1v) is 16.3. The smallest absolute Gasteiger partial charge is 0.241 e. The Bertz CT molecular complexity index is 1880. The predicted molar refractivity (Wildman–Crippen MR) is 178 cm³/mol. The van der Waals surface area contributed by atoms with Gasteiger partial charge in [0, 0.05) is 72.8 Å². The Labute approximate surface area is 268 Å². The first kappa shape index (κ1) is 32.4.